The highest BCUT2D eigenvalue weighted by Crippen LogP contribution is 2.25. The van der Waals surface area contributed by atoms with Crippen LogP contribution in [0.3, 0.4) is 0 Å². The van der Waals surface area contributed by atoms with Gasteiger partial charge in [-0.15, -0.1) is 0 Å². The average Bonchev–Trinajstić information content (AvgIpc) is 2.59. The maximum absolute atomic E-state index is 11.9. The molecule has 126 valence electrons. The van der Waals surface area contributed by atoms with E-state index in [9.17, 15) is 14.9 Å². The quantitative estimate of drug-likeness (QED) is 0.596. The molecule has 0 radical (unpaired) electrons. The lowest BCUT2D eigenvalue weighted by molar-refractivity contribution is -0.385. The summed E-state index contributed by atoms with van der Waals surface area (Å²) in [4.78, 5) is 22.3. The van der Waals surface area contributed by atoms with Crippen LogP contribution in [0.1, 0.15) is 18.9 Å². The Balaban J connectivity index is 1.78. The lowest BCUT2D eigenvalue weighted by Gasteiger charge is -2.14. The molecule has 0 heterocycles. The zero-order valence-corrected chi connectivity index (χ0v) is 13.5. The van der Waals surface area contributed by atoms with E-state index >= 15 is 0 Å². The molecule has 2 aromatic rings. The van der Waals surface area contributed by atoms with E-state index in [1.807, 2.05) is 37.3 Å². The van der Waals surface area contributed by atoms with Crippen molar-refractivity contribution in [3.8, 4) is 5.75 Å². The van der Waals surface area contributed by atoms with Crippen LogP contribution in [0.15, 0.2) is 54.6 Å². The number of nitro benzene ring substituents is 1. The summed E-state index contributed by atoms with van der Waals surface area (Å²) in [5.41, 5.74) is 1.07. The molecule has 0 aliphatic heterocycles. The van der Waals surface area contributed by atoms with Gasteiger partial charge in [-0.25, -0.2) is 0 Å². The van der Waals surface area contributed by atoms with Gasteiger partial charge in [-0.3, -0.25) is 14.9 Å². The second-order valence-electron chi connectivity index (χ2n) is 5.51. The molecule has 0 bridgehead atoms. The molecule has 0 saturated carbocycles. The highest BCUT2D eigenvalue weighted by Gasteiger charge is 2.15. The summed E-state index contributed by atoms with van der Waals surface area (Å²) in [6.07, 6.45) is 1.68. The predicted molar refractivity (Wildman–Crippen MR) is 91.0 cm³/mol. The highest BCUT2D eigenvalue weighted by molar-refractivity contribution is 5.77. The van der Waals surface area contributed by atoms with E-state index in [1.165, 1.54) is 17.7 Å². The van der Waals surface area contributed by atoms with Gasteiger partial charge < -0.3 is 10.1 Å². The fraction of sp³-hybridized carbons (Fsp3) is 0.278. The fourth-order valence-electron chi connectivity index (χ4n) is 2.29. The Bertz CT molecular complexity index is 688. The standard InChI is InChI=1S/C18H20N2O4/c1-14(11-12-15-7-3-2-4-8-15)19-18(21)13-24-17-10-6-5-9-16(17)20(22)23/h2-10,14H,11-13H2,1H3,(H,19,21)/t14-/m1/s1. The maximum atomic E-state index is 11.9. The van der Waals surface area contributed by atoms with E-state index in [4.69, 9.17) is 4.74 Å². The van der Waals surface area contributed by atoms with Crippen LogP contribution >= 0.6 is 0 Å². The molecule has 2 aromatic carbocycles. The largest absolute Gasteiger partial charge is 0.477 e. The molecule has 1 N–H and O–H groups in total. The van der Waals surface area contributed by atoms with Crippen LogP contribution in [0.4, 0.5) is 5.69 Å². The Morgan fingerprint density at radius 3 is 2.54 bits per heavy atom. The Kier molecular flexibility index (Phi) is 6.31. The Hall–Kier alpha value is -2.89. The summed E-state index contributed by atoms with van der Waals surface area (Å²) in [6.45, 7) is 1.67. The Morgan fingerprint density at radius 1 is 1.17 bits per heavy atom. The number of amides is 1. The van der Waals surface area contributed by atoms with Crippen molar-refractivity contribution >= 4 is 11.6 Å². The van der Waals surface area contributed by atoms with Gasteiger partial charge in [-0.2, -0.15) is 0 Å². The van der Waals surface area contributed by atoms with Gasteiger partial charge in [0.25, 0.3) is 5.91 Å². The third-order valence-electron chi connectivity index (χ3n) is 3.54. The second kappa shape index (κ2) is 8.67. The first kappa shape index (κ1) is 17.5. The molecule has 0 spiro atoms. The molecule has 6 heteroatoms. The molecule has 24 heavy (non-hydrogen) atoms. The van der Waals surface area contributed by atoms with Gasteiger partial charge in [-0.1, -0.05) is 42.5 Å². The van der Waals surface area contributed by atoms with E-state index in [1.54, 1.807) is 12.1 Å². The topological polar surface area (TPSA) is 81.5 Å². The summed E-state index contributed by atoms with van der Waals surface area (Å²) in [7, 11) is 0. The number of carbonyl (C=O) groups excluding carboxylic acids is 1. The first-order valence-corrected chi connectivity index (χ1v) is 7.76. The lowest BCUT2D eigenvalue weighted by atomic mass is 10.1. The predicted octanol–water partition coefficient (Wildman–Crippen LogP) is 3.11. The minimum Gasteiger partial charge on any atom is -0.477 e. The Morgan fingerprint density at radius 2 is 1.83 bits per heavy atom. The van der Waals surface area contributed by atoms with Crippen molar-refractivity contribution < 1.29 is 14.5 Å². The maximum Gasteiger partial charge on any atom is 0.310 e. The van der Waals surface area contributed by atoms with E-state index in [2.05, 4.69) is 5.32 Å². The van der Waals surface area contributed by atoms with Crippen molar-refractivity contribution in [3.05, 3.63) is 70.3 Å². The molecule has 0 unspecified atom stereocenters. The van der Waals surface area contributed by atoms with Gasteiger partial charge in [0, 0.05) is 12.1 Å². The van der Waals surface area contributed by atoms with Gasteiger partial charge in [0.2, 0.25) is 0 Å². The van der Waals surface area contributed by atoms with Crippen LogP contribution in [0.5, 0.6) is 5.75 Å². The molecule has 0 aliphatic carbocycles. The number of hydrogen-bond acceptors (Lipinski definition) is 4. The van der Waals surface area contributed by atoms with E-state index in [-0.39, 0.29) is 30.0 Å². The molecular formula is C18H20N2O4. The molecule has 1 amide bonds. The van der Waals surface area contributed by atoms with Crippen LogP contribution in [-0.2, 0) is 11.2 Å². The molecule has 0 fully saturated rings. The summed E-state index contributed by atoms with van der Waals surface area (Å²) < 4.78 is 5.27. The lowest BCUT2D eigenvalue weighted by Crippen LogP contribution is -2.36. The van der Waals surface area contributed by atoms with Gasteiger partial charge in [0.15, 0.2) is 12.4 Å². The number of nitrogens with one attached hydrogen (secondary N) is 1. The third kappa shape index (κ3) is 5.39. The van der Waals surface area contributed by atoms with Crippen molar-refractivity contribution in [1.82, 2.24) is 5.32 Å². The number of benzene rings is 2. The molecule has 0 saturated heterocycles. The normalized spacial score (nSPS) is 11.5. The van der Waals surface area contributed by atoms with Crippen molar-refractivity contribution in [2.75, 3.05) is 6.61 Å². The number of para-hydroxylation sites is 2. The van der Waals surface area contributed by atoms with Crippen LogP contribution in [0.2, 0.25) is 0 Å². The number of aryl methyl sites for hydroxylation is 1. The smallest absolute Gasteiger partial charge is 0.310 e. The Labute approximate surface area is 140 Å². The van der Waals surface area contributed by atoms with Gasteiger partial charge in [0.1, 0.15) is 0 Å². The second-order valence-corrected chi connectivity index (χ2v) is 5.51. The fourth-order valence-corrected chi connectivity index (χ4v) is 2.29. The number of carbonyl (C=O) groups is 1. The number of nitro groups is 1. The monoisotopic (exact) mass is 328 g/mol. The van der Waals surface area contributed by atoms with Gasteiger partial charge >= 0.3 is 5.69 Å². The summed E-state index contributed by atoms with van der Waals surface area (Å²) in [5, 5.41) is 13.7. The summed E-state index contributed by atoms with van der Waals surface area (Å²) >= 11 is 0. The first-order chi connectivity index (χ1) is 11.6. The van der Waals surface area contributed by atoms with Crippen molar-refractivity contribution in [2.24, 2.45) is 0 Å². The van der Waals surface area contributed by atoms with E-state index in [0.717, 1.165) is 12.8 Å². The molecule has 0 aliphatic rings. The molecule has 1 atom stereocenters. The van der Waals surface area contributed by atoms with E-state index < -0.39 is 4.92 Å². The number of nitrogens with zero attached hydrogens (tertiary/aromatic N) is 1. The molecular weight excluding hydrogens is 308 g/mol. The molecule has 6 nitrogen and oxygen atoms in total. The van der Waals surface area contributed by atoms with Crippen molar-refractivity contribution in [3.63, 3.8) is 0 Å². The van der Waals surface area contributed by atoms with Gasteiger partial charge in [0.05, 0.1) is 4.92 Å². The number of ether oxygens (including phenoxy) is 1. The number of rotatable bonds is 8. The highest BCUT2D eigenvalue weighted by atomic mass is 16.6. The summed E-state index contributed by atoms with van der Waals surface area (Å²) in [6, 6.07) is 16.0. The van der Waals surface area contributed by atoms with Crippen molar-refractivity contribution in [2.45, 2.75) is 25.8 Å². The first-order valence-electron chi connectivity index (χ1n) is 7.76. The van der Waals surface area contributed by atoms with E-state index in [0.29, 0.717) is 0 Å². The SMILES string of the molecule is C[C@H](CCc1ccccc1)NC(=O)COc1ccccc1[N+](=O)[O-]. The summed E-state index contributed by atoms with van der Waals surface area (Å²) in [5.74, 6) is -0.205. The van der Waals surface area contributed by atoms with Gasteiger partial charge in [-0.05, 0) is 31.4 Å². The van der Waals surface area contributed by atoms with Crippen LogP contribution in [0.25, 0.3) is 0 Å². The average molecular weight is 328 g/mol. The third-order valence-corrected chi connectivity index (χ3v) is 3.54. The molecule has 0 aromatic heterocycles. The van der Waals surface area contributed by atoms with Crippen LogP contribution in [-0.4, -0.2) is 23.5 Å². The van der Waals surface area contributed by atoms with Crippen molar-refractivity contribution in [1.29, 1.82) is 0 Å². The zero-order chi connectivity index (χ0) is 17.4. The minimum absolute atomic E-state index is 0.00735. The minimum atomic E-state index is -0.532. The zero-order valence-electron chi connectivity index (χ0n) is 13.5. The molecule has 2 rings (SSSR count). The van der Waals surface area contributed by atoms with Crippen LogP contribution < -0.4 is 10.1 Å². The number of hydrogen-bond donors (Lipinski definition) is 1. The van der Waals surface area contributed by atoms with Crippen LogP contribution in [0, 0.1) is 10.1 Å².